The summed E-state index contributed by atoms with van der Waals surface area (Å²) in [6, 6.07) is 17.7. The van der Waals surface area contributed by atoms with Crippen LogP contribution in [0.2, 0.25) is 0 Å². The van der Waals surface area contributed by atoms with Crippen molar-refractivity contribution in [2.75, 3.05) is 0 Å². The van der Waals surface area contributed by atoms with Gasteiger partial charge < -0.3 is 0 Å². The van der Waals surface area contributed by atoms with Crippen LogP contribution < -0.4 is 4.57 Å². The van der Waals surface area contributed by atoms with Gasteiger partial charge >= 0.3 is 0 Å². The van der Waals surface area contributed by atoms with Crippen molar-refractivity contribution in [2.24, 2.45) is 0 Å². The van der Waals surface area contributed by atoms with Gasteiger partial charge in [0.2, 0.25) is 17.8 Å². The van der Waals surface area contributed by atoms with Crippen LogP contribution in [0.4, 0.5) is 0 Å². The van der Waals surface area contributed by atoms with Gasteiger partial charge in [-0.15, -0.1) is 17.0 Å². The molecule has 2 nitrogen and oxygen atoms in total. The van der Waals surface area contributed by atoms with Gasteiger partial charge in [0, 0.05) is 27.6 Å². The Morgan fingerprint density at radius 3 is 2.45 bits per heavy atom. The number of halogens is 2. The third kappa shape index (κ3) is 3.45. The minimum atomic E-state index is 0. The molecule has 22 heavy (non-hydrogen) atoms. The lowest BCUT2D eigenvalue weighted by molar-refractivity contribution is -0.657. The smallest absolute Gasteiger partial charge is 0.227 e. The monoisotopic (exact) mass is 420 g/mol. The van der Waals surface area contributed by atoms with E-state index in [-0.39, 0.29) is 22.8 Å². The SMILES string of the molecule is Br.Cc1cc[n+](CC(=O)c2ccc(Br)cc2)c2ccccc12. The van der Waals surface area contributed by atoms with Gasteiger partial charge in [-0.25, -0.2) is 0 Å². The number of aromatic nitrogens is 1. The van der Waals surface area contributed by atoms with Gasteiger partial charge in [-0.2, -0.15) is 4.57 Å². The van der Waals surface area contributed by atoms with Crippen LogP contribution in [0, 0.1) is 6.92 Å². The predicted molar refractivity (Wildman–Crippen MR) is 97.7 cm³/mol. The second kappa shape index (κ2) is 7.16. The minimum Gasteiger partial charge on any atom is -0.287 e. The number of hydrogen-bond acceptors (Lipinski definition) is 1. The molecule has 0 aliphatic carbocycles. The first kappa shape index (κ1) is 16.8. The summed E-state index contributed by atoms with van der Waals surface area (Å²) in [5, 5.41) is 1.18. The van der Waals surface area contributed by atoms with Crippen molar-refractivity contribution in [2.45, 2.75) is 13.5 Å². The van der Waals surface area contributed by atoms with Crippen LogP contribution in [0.3, 0.4) is 0 Å². The molecule has 0 saturated heterocycles. The molecule has 0 fully saturated rings. The number of fused-ring (bicyclic) bond motifs is 1. The molecule has 0 aliphatic heterocycles. The summed E-state index contributed by atoms with van der Waals surface area (Å²) in [6.45, 7) is 2.44. The second-order valence-electron chi connectivity index (χ2n) is 5.07. The van der Waals surface area contributed by atoms with Gasteiger partial charge in [-0.05, 0) is 30.7 Å². The number of ketones is 1. The Bertz CT molecular complexity index is 813. The third-order valence-corrected chi connectivity index (χ3v) is 4.15. The molecule has 0 saturated carbocycles. The number of para-hydroxylation sites is 1. The van der Waals surface area contributed by atoms with E-state index in [2.05, 4.69) is 41.1 Å². The van der Waals surface area contributed by atoms with Crippen LogP contribution in [0.25, 0.3) is 10.9 Å². The molecule has 0 bridgehead atoms. The maximum absolute atomic E-state index is 12.4. The molecule has 2 aromatic carbocycles. The standard InChI is InChI=1S/C18H15BrNO.BrH/c1-13-10-11-20(17-5-3-2-4-16(13)17)12-18(21)14-6-8-15(19)9-7-14;/h2-11H,12H2,1H3;1H/q+1;. The Morgan fingerprint density at radius 2 is 1.73 bits per heavy atom. The van der Waals surface area contributed by atoms with Crippen LogP contribution in [0.1, 0.15) is 15.9 Å². The van der Waals surface area contributed by atoms with Crippen LogP contribution in [-0.2, 0) is 6.54 Å². The molecule has 4 heteroatoms. The third-order valence-electron chi connectivity index (χ3n) is 3.62. The number of aryl methyl sites for hydroxylation is 1. The fourth-order valence-corrected chi connectivity index (χ4v) is 2.71. The van der Waals surface area contributed by atoms with E-state index in [1.165, 1.54) is 10.9 Å². The van der Waals surface area contributed by atoms with Gasteiger partial charge in [0.15, 0.2) is 6.20 Å². The number of hydrogen-bond donors (Lipinski definition) is 0. The van der Waals surface area contributed by atoms with Crippen molar-refractivity contribution in [3.05, 3.63) is 76.4 Å². The van der Waals surface area contributed by atoms with Crippen LogP contribution >= 0.6 is 32.9 Å². The highest BCUT2D eigenvalue weighted by molar-refractivity contribution is 9.10. The summed E-state index contributed by atoms with van der Waals surface area (Å²) in [7, 11) is 0. The topological polar surface area (TPSA) is 20.9 Å². The zero-order valence-corrected chi connectivity index (χ0v) is 15.4. The molecule has 3 aromatic rings. The van der Waals surface area contributed by atoms with Gasteiger partial charge in [0.25, 0.3) is 0 Å². The number of carbonyl (C=O) groups is 1. The molecule has 0 atom stereocenters. The predicted octanol–water partition coefficient (Wildman–Crippen LogP) is 4.66. The highest BCUT2D eigenvalue weighted by Gasteiger charge is 2.16. The molecule has 0 aliphatic rings. The van der Waals surface area contributed by atoms with E-state index in [9.17, 15) is 4.79 Å². The van der Waals surface area contributed by atoms with Crippen molar-refractivity contribution in [1.82, 2.24) is 0 Å². The Hall–Kier alpha value is -1.52. The van der Waals surface area contributed by atoms with E-state index >= 15 is 0 Å². The van der Waals surface area contributed by atoms with Crippen molar-refractivity contribution >= 4 is 49.6 Å². The molecule has 0 unspecified atom stereocenters. The normalized spacial score (nSPS) is 10.3. The molecule has 0 radical (unpaired) electrons. The molecular weight excluding hydrogens is 406 g/mol. The van der Waals surface area contributed by atoms with Crippen molar-refractivity contribution in [3.63, 3.8) is 0 Å². The summed E-state index contributed by atoms with van der Waals surface area (Å²) < 4.78 is 2.99. The van der Waals surface area contributed by atoms with E-state index in [0.29, 0.717) is 6.54 Å². The van der Waals surface area contributed by atoms with E-state index in [1.54, 1.807) is 0 Å². The van der Waals surface area contributed by atoms with E-state index in [0.717, 1.165) is 15.6 Å². The number of benzene rings is 2. The number of rotatable bonds is 3. The lowest BCUT2D eigenvalue weighted by Crippen LogP contribution is -2.38. The summed E-state index contributed by atoms with van der Waals surface area (Å²) in [4.78, 5) is 12.4. The largest absolute Gasteiger partial charge is 0.287 e. The van der Waals surface area contributed by atoms with Gasteiger partial charge in [0.1, 0.15) is 0 Å². The number of Topliss-reactive ketones (excluding diaryl/α,β-unsaturated/α-hetero) is 1. The van der Waals surface area contributed by atoms with Gasteiger partial charge in [-0.3, -0.25) is 4.79 Å². The molecule has 3 rings (SSSR count). The van der Waals surface area contributed by atoms with Crippen molar-refractivity contribution in [1.29, 1.82) is 0 Å². The number of carbonyl (C=O) groups excluding carboxylic acids is 1. The molecule has 0 spiro atoms. The molecular formula is C18H16Br2NO+. The number of nitrogens with zero attached hydrogens (tertiary/aromatic N) is 1. The van der Waals surface area contributed by atoms with E-state index < -0.39 is 0 Å². The zero-order chi connectivity index (χ0) is 14.8. The fraction of sp³-hybridized carbons (Fsp3) is 0.111. The Balaban J connectivity index is 0.00000176. The summed E-state index contributed by atoms with van der Waals surface area (Å²) in [6.07, 6.45) is 1.98. The average Bonchev–Trinajstić information content (AvgIpc) is 2.51. The van der Waals surface area contributed by atoms with Crippen molar-refractivity contribution in [3.8, 4) is 0 Å². The molecule has 112 valence electrons. The van der Waals surface area contributed by atoms with E-state index in [1.807, 2.05) is 47.2 Å². The Morgan fingerprint density at radius 1 is 1.05 bits per heavy atom. The number of pyridine rings is 1. The van der Waals surface area contributed by atoms with Crippen LogP contribution in [0.15, 0.2) is 65.3 Å². The first-order valence-corrected chi connectivity index (χ1v) is 7.61. The molecule has 0 amide bonds. The van der Waals surface area contributed by atoms with Gasteiger partial charge in [0.05, 0.1) is 0 Å². The van der Waals surface area contributed by atoms with E-state index in [4.69, 9.17) is 0 Å². The first-order valence-electron chi connectivity index (χ1n) is 6.82. The fourth-order valence-electron chi connectivity index (χ4n) is 2.45. The molecule has 1 heterocycles. The summed E-state index contributed by atoms with van der Waals surface area (Å²) in [5.74, 6) is 0.113. The highest BCUT2D eigenvalue weighted by atomic mass is 79.9. The lowest BCUT2D eigenvalue weighted by atomic mass is 10.1. The zero-order valence-electron chi connectivity index (χ0n) is 12.1. The quantitative estimate of drug-likeness (QED) is 0.445. The molecule has 1 aromatic heterocycles. The minimum absolute atomic E-state index is 0. The van der Waals surface area contributed by atoms with Crippen molar-refractivity contribution < 1.29 is 9.36 Å². The maximum Gasteiger partial charge on any atom is 0.227 e. The lowest BCUT2D eigenvalue weighted by Gasteiger charge is -2.04. The average molecular weight is 422 g/mol. The van der Waals surface area contributed by atoms with Crippen LogP contribution in [-0.4, -0.2) is 5.78 Å². The maximum atomic E-state index is 12.4. The highest BCUT2D eigenvalue weighted by Crippen LogP contribution is 2.15. The second-order valence-corrected chi connectivity index (χ2v) is 5.99. The molecule has 0 N–H and O–H groups in total. The van der Waals surface area contributed by atoms with Gasteiger partial charge in [-0.1, -0.05) is 40.2 Å². The Kier molecular flexibility index (Phi) is 5.48. The van der Waals surface area contributed by atoms with Crippen LogP contribution in [0.5, 0.6) is 0 Å². The summed E-state index contributed by atoms with van der Waals surface area (Å²) >= 11 is 3.39. The summed E-state index contributed by atoms with van der Waals surface area (Å²) in [5.41, 5.74) is 3.04. The first-order chi connectivity index (χ1) is 10.1. The Labute approximate surface area is 148 Å².